The predicted octanol–water partition coefficient (Wildman–Crippen LogP) is -0.265. The highest BCUT2D eigenvalue weighted by Gasteiger charge is 2.28. The molecular weight excluding hydrogens is 196 g/mol. The van der Waals surface area contributed by atoms with Gasteiger partial charge in [-0.25, -0.2) is 0 Å². The number of nitrogens with two attached hydrogens (primary N) is 1. The lowest BCUT2D eigenvalue weighted by atomic mass is 10.0. The van der Waals surface area contributed by atoms with E-state index in [0.717, 1.165) is 13.0 Å². The first-order valence-corrected chi connectivity index (χ1v) is 5.75. The van der Waals surface area contributed by atoms with E-state index in [1.807, 2.05) is 11.3 Å². The van der Waals surface area contributed by atoms with Gasteiger partial charge in [0.2, 0.25) is 0 Å². The van der Waals surface area contributed by atoms with Crippen molar-refractivity contribution in [1.29, 1.82) is 0 Å². The van der Waals surface area contributed by atoms with Crippen LogP contribution in [0.3, 0.4) is 0 Å². The second-order valence-corrected chi connectivity index (χ2v) is 4.82. The van der Waals surface area contributed by atoms with Crippen molar-refractivity contribution in [1.82, 2.24) is 0 Å². The molecule has 2 rings (SSSR count). The van der Waals surface area contributed by atoms with Gasteiger partial charge in [-0.3, -0.25) is 4.79 Å². The smallest absolute Gasteiger partial charge is 0.272 e. The molecule has 2 atom stereocenters. The first kappa shape index (κ1) is 9.68. The van der Waals surface area contributed by atoms with Crippen LogP contribution in [0.2, 0.25) is 0 Å². The van der Waals surface area contributed by atoms with Crippen molar-refractivity contribution in [2.45, 2.75) is 19.4 Å². The molecule has 76 valence electrons. The quantitative estimate of drug-likeness (QED) is 0.695. The molecule has 3 N–H and O–H groups in total. The Morgan fingerprint density at radius 1 is 1.79 bits per heavy atom. The highest BCUT2D eigenvalue weighted by molar-refractivity contribution is 7.10. The van der Waals surface area contributed by atoms with Crippen molar-refractivity contribution in [3.8, 4) is 0 Å². The molecule has 1 aromatic heterocycles. The number of primary amides is 1. The van der Waals surface area contributed by atoms with Gasteiger partial charge in [0, 0.05) is 16.9 Å². The maximum absolute atomic E-state index is 10.9. The zero-order valence-corrected chi connectivity index (χ0v) is 9.06. The molecule has 0 bridgehead atoms. The lowest BCUT2D eigenvalue weighted by Gasteiger charge is -2.29. The number of carbonyl (C=O) groups is 1. The van der Waals surface area contributed by atoms with Crippen LogP contribution in [0.15, 0.2) is 11.4 Å². The summed E-state index contributed by atoms with van der Waals surface area (Å²) in [6.45, 7) is 3.65. The zero-order valence-electron chi connectivity index (χ0n) is 8.25. The fourth-order valence-electron chi connectivity index (χ4n) is 2.12. The number of hydrogen-bond donors (Lipinski definition) is 2. The maximum atomic E-state index is 10.9. The number of nitrogens with one attached hydrogen (secondary N) is 1. The van der Waals surface area contributed by atoms with Gasteiger partial charge in [0.15, 0.2) is 6.54 Å². The third-order valence-electron chi connectivity index (χ3n) is 2.93. The molecule has 1 unspecified atom stereocenters. The van der Waals surface area contributed by atoms with Crippen LogP contribution < -0.4 is 10.6 Å². The summed E-state index contributed by atoms with van der Waals surface area (Å²) in [6.07, 6.45) is 1.08. The standard InChI is InChI=1S/C10H14N2OS/c1-7-8-3-5-14-9(8)2-4-12(7)6-10(11)13/h3,5,7H,2,4,6H2,1H3,(H2,11,13)/p+1/t7-/m1/s1. The monoisotopic (exact) mass is 211 g/mol. The third-order valence-corrected chi connectivity index (χ3v) is 3.93. The first-order chi connectivity index (χ1) is 6.68. The van der Waals surface area contributed by atoms with E-state index in [4.69, 9.17) is 5.73 Å². The summed E-state index contributed by atoms with van der Waals surface area (Å²) in [4.78, 5) is 13.6. The van der Waals surface area contributed by atoms with Crippen molar-refractivity contribution in [2.75, 3.05) is 13.1 Å². The van der Waals surface area contributed by atoms with Crippen LogP contribution in [-0.2, 0) is 11.2 Å². The van der Waals surface area contributed by atoms with E-state index < -0.39 is 0 Å². The Morgan fingerprint density at radius 2 is 2.57 bits per heavy atom. The fraction of sp³-hybridized carbons (Fsp3) is 0.500. The molecule has 0 saturated heterocycles. The molecule has 14 heavy (non-hydrogen) atoms. The molecule has 1 aromatic rings. The molecule has 0 aromatic carbocycles. The summed E-state index contributed by atoms with van der Waals surface area (Å²) in [5, 5.41) is 2.13. The topological polar surface area (TPSA) is 47.5 Å². The molecule has 0 aliphatic carbocycles. The van der Waals surface area contributed by atoms with Gasteiger partial charge in [-0.05, 0) is 18.4 Å². The molecule has 1 amide bonds. The molecule has 3 nitrogen and oxygen atoms in total. The number of hydrogen-bond acceptors (Lipinski definition) is 2. The van der Waals surface area contributed by atoms with Crippen molar-refractivity contribution in [3.63, 3.8) is 0 Å². The van der Waals surface area contributed by atoms with E-state index in [9.17, 15) is 4.79 Å². The average Bonchev–Trinajstić information content (AvgIpc) is 2.57. The van der Waals surface area contributed by atoms with Gasteiger partial charge in [-0.2, -0.15) is 0 Å². The summed E-state index contributed by atoms with van der Waals surface area (Å²) in [6, 6.07) is 2.59. The largest absolute Gasteiger partial charge is 0.365 e. The summed E-state index contributed by atoms with van der Waals surface area (Å²) >= 11 is 1.82. The van der Waals surface area contributed by atoms with Crippen LogP contribution in [0.4, 0.5) is 0 Å². The molecule has 0 radical (unpaired) electrons. The SMILES string of the molecule is C[C@@H]1c2ccsc2CC[NH+]1CC(N)=O. The summed E-state index contributed by atoms with van der Waals surface area (Å²) in [5.74, 6) is -0.203. The predicted molar refractivity (Wildman–Crippen MR) is 56.3 cm³/mol. The van der Waals surface area contributed by atoms with Crippen LogP contribution in [-0.4, -0.2) is 19.0 Å². The number of fused-ring (bicyclic) bond motifs is 1. The Labute approximate surface area is 87.5 Å². The van der Waals surface area contributed by atoms with Crippen LogP contribution in [0.25, 0.3) is 0 Å². The van der Waals surface area contributed by atoms with Gasteiger partial charge in [0.25, 0.3) is 5.91 Å². The lowest BCUT2D eigenvalue weighted by molar-refractivity contribution is -0.924. The Bertz CT molecular complexity index is 348. The van der Waals surface area contributed by atoms with Crippen molar-refractivity contribution >= 4 is 17.2 Å². The minimum atomic E-state index is -0.203. The molecule has 4 heteroatoms. The fourth-order valence-corrected chi connectivity index (χ4v) is 3.10. The summed E-state index contributed by atoms with van der Waals surface area (Å²) in [7, 11) is 0. The highest BCUT2D eigenvalue weighted by atomic mass is 32.1. The van der Waals surface area contributed by atoms with Crippen molar-refractivity contribution in [3.05, 3.63) is 21.9 Å². The minimum Gasteiger partial charge on any atom is -0.365 e. The Balaban J connectivity index is 2.16. The van der Waals surface area contributed by atoms with Crippen LogP contribution in [0.5, 0.6) is 0 Å². The zero-order chi connectivity index (χ0) is 10.1. The van der Waals surface area contributed by atoms with Gasteiger partial charge < -0.3 is 10.6 Å². The summed E-state index contributed by atoms with van der Waals surface area (Å²) < 4.78 is 0. The van der Waals surface area contributed by atoms with Crippen LogP contribution in [0, 0.1) is 0 Å². The molecular formula is C10H15N2OS+. The van der Waals surface area contributed by atoms with E-state index in [-0.39, 0.29) is 5.91 Å². The normalized spacial score (nSPS) is 25.8. The second kappa shape index (κ2) is 3.71. The molecule has 0 saturated carbocycles. The Morgan fingerprint density at radius 3 is 3.29 bits per heavy atom. The molecule has 2 heterocycles. The van der Waals surface area contributed by atoms with E-state index in [1.165, 1.54) is 15.3 Å². The Hall–Kier alpha value is -0.870. The minimum absolute atomic E-state index is 0.203. The van der Waals surface area contributed by atoms with E-state index >= 15 is 0 Å². The summed E-state index contributed by atoms with van der Waals surface area (Å²) in [5.41, 5.74) is 6.62. The average molecular weight is 211 g/mol. The molecule has 1 aliphatic heterocycles. The van der Waals surface area contributed by atoms with E-state index in [2.05, 4.69) is 18.4 Å². The van der Waals surface area contributed by atoms with E-state index in [1.54, 1.807) is 0 Å². The van der Waals surface area contributed by atoms with Gasteiger partial charge in [0.1, 0.15) is 6.04 Å². The van der Waals surface area contributed by atoms with Gasteiger partial charge in [-0.15, -0.1) is 11.3 Å². The van der Waals surface area contributed by atoms with Gasteiger partial charge in [-0.1, -0.05) is 0 Å². The molecule has 0 spiro atoms. The molecule has 0 fully saturated rings. The number of thiophene rings is 1. The number of carbonyl (C=O) groups excluding carboxylic acids is 1. The van der Waals surface area contributed by atoms with Gasteiger partial charge >= 0.3 is 0 Å². The highest BCUT2D eigenvalue weighted by Crippen LogP contribution is 2.24. The van der Waals surface area contributed by atoms with E-state index in [0.29, 0.717) is 12.6 Å². The third kappa shape index (κ3) is 1.67. The molecule has 1 aliphatic rings. The Kier molecular flexibility index (Phi) is 2.56. The van der Waals surface area contributed by atoms with Crippen LogP contribution in [0.1, 0.15) is 23.4 Å². The maximum Gasteiger partial charge on any atom is 0.272 e. The van der Waals surface area contributed by atoms with Crippen LogP contribution >= 0.6 is 11.3 Å². The number of rotatable bonds is 2. The first-order valence-electron chi connectivity index (χ1n) is 4.87. The number of amides is 1. The van der Waals surface area contributed by atoms with Crippen molar-refractivity contribution in [2.24, 2.45) is 5.73 Å². The lowest BCUT2D eigenvalue weighted by Crippen LogP contribution is -3.14. The number of quaternary nitrogens is 1. The van der Waals surface area contributed by atoms with Crippen molar-refractivity contribution < 1.29 is 9.69 Å². The van der Waals surface area contributed by atoms with Gasteiger partial charge in [0.05, 0.1) is 6.54 Å². The second-order valence-electron chi connectivity index (χ2n) is 3.82.